The number of carbonyl (C=O) groups is 1. The zero-order chi connectivity index (χ0) is 20.0. The maximum absolute atomic E-state index is 11.7. The van der Waals surface area contributed by atoms with Gasteiger partial charge in [0.25, 0.3) is 0 Å². The van der Waals surface area contributed by atoms with Crippen molar-refractivity contribution in [2.45, 2.75) is 19.2 Å². The smallest absolute Gasteiger partial charge is 0.340 e. The molecule has 0 spiro atoms. The zero-order valence-corrected chi connectivity index (χ0v) is 16.2. The number of rotatable bonds is 8. The van der Waals surface area contributed by atoms with Crippen molar-refractivity contribution in [2.24, 2.45) is 0 Å². The molecule has 0 amide bonds. The number of hydrogen-bond acceptors (Lipinski definition) is 7. The molecule has 0 aliphatic rings. The lowest BCUT2D eigenvalue weighted by atomic mass is 10.1. The second-order valence-electron chi connectivity index (χ2n) is 6.44. The van der Waals surface area contributed by atoms with Crippen LogP contribution < -0.4 is 15.8 Å². The molecule has 0 bridgehead atoms. The first-order chi connectivity index (χ1) is 12.8. The molecule has 146 valence electrons. The molecular formula is C20H27N3O4. The fourth-order valence-corrected chi connectivity index (χ4v) is 2.60. The van der Waals surface area contributed by atoms with E-state index in [0.717, 1.165) is 22.6 Å². The molecule has 0 aliphatic heterocycles. The van der Waals surface area contributed by atoms with Gasteiger partial charge in [-0.15, -0.1) is 0 Å². The van der Waals surface area contributed by atoms with Crippen molar-refractivity contribution >= 4 is 17.3 Å². The van der Waals surface area contributed by atoms with Gasteiger partial charge in [-0.3, -0.25) is 4.90 Å². The van der Waals surface area contributed by atoms with Crippen LogP contribution in [0.1, 0.15) is 21.5 Å². The maximum atomic E-state index is 11.7. The summed E-state index contributed by atoms with van der Waals surface area (Å²) in [6.45, 7) is 0.539. The lowest BCUT2D eigenvalue weighted by Gasteiger charge is -2.20. The Kier molecular flexibility index (Phi) is 7.04. The molecule has 0 radical (unpaired) electrons. The third kappa shape index (κ3) is 5.35. The van der Waals surface area contributed by atoms with Crippen molar-refractivity contribution in [3.05, 3.63) is 53.1 Å². The highest BCUT2D eigenvalue weighted by Gasteiger charge is 2.13. The van der Waals surface area contributed by atoms with Crippen LogP contribution in [0.3, 0.4) is 0 Å². The summed E-state index contributed by atoms with van der Waals surface area (Å²) in [5, 5.41) is 13.3. The zero-order valence-electron chi connectivity index (χ0n) is 16.2. The van der Waals surface area contributed by atoms with E-state index in [2.05, 4.69) is 5.32 Å². The number of hydrogen-bond donors (Lipinski definition) is 3. The number of esters is 1. The number of nitrogens with one attached hydrogen (secondary N) is 1. The first kappa shape index (κ1) is 20.5. The highest BCUT2D eigenvalue weighted by atomic mass is 16.5. The van der Waals surface area contributed by atoms with Crippen LogP contribution in [0.4, 0.5) is 11.4 Å². The summed E-state index contributed by atoms with van der Waals surface area (Å²) in [4.78, 5) is 13.5. The normalized spacial score (nSPS) is 11.9. The highest BCUT2D eigenvalue weighted by Crippen LogP contribution is 2.24. The summed E-state index contributed by atoms with van der Waals surface area (Å²) in [6.07, 6.45) is -0.0981. The van der Waals surface area contributed by atoms with Gasteiger partial charge in [-0.2, -0.15) is 0 Å². The van der Waals surface area contributed by atoms with E-state index in [1.165, 1.54) is 7.11 Å². The molecule has 4 N–H and O–H groups in total. The van der Waals surface area contributed by atoms with E-state index >= 15 is 0 Å². The van der Waals surface area contributed by atoms with E-state index in [9.17, 15) is 9.90 Å². The van der Waals surface area contributed by atoms with Crippen molar-refractivity contribution in [3.63, 3.8) is 0 Å². The Balaban J connectivity index is 2.11. The Labute approximate surface area is 159 Å². The van der Waals surface area contributed by atoms with E-state index in [4.69, 9.17) is 15.2 Å². The maximum Gasteiger partial charge on any atom is 0.340 e. The predicted octanol–water partition coefficient (Wildman–Crippen LogP) is 2.10. The molecular weight excluding hydrogens is 346 g/mol. The van der Waals surface area contributed by atoms with Crippen molar-refractivity contribution in [3.8, 4) is 5.75 Å². The number of likely N-dealkylation sites (N-methyl/N-ethyl adjacent to an activating group) is 1. The molecule has 2 aromatic carbocycles. The number of nitrogens with two attached hydrogens (primary N) is 1. The quantitative estimate of drug-likeness (QED) is 0.370. The van der Waals surface area contributed by atoms with Gasteiger partial charge in [0, 0.05) is 24.3 Å². The van der Waals surface area contributed by atoms with E-state index in [1.807, 2.05) is 32.3 Å². The Bertz CT molecular complexity index is 793. The van der Waals surface area contributed by atoms with Gasteiger partial charge in [-0.25, -0.2) is 4.79 Å². The lowest BCUT2D eigenvalue weighted by Crippen LogP contribution is -2.29. The van der Waals surface area contributed by atoms with Gasteiger partial charge < -0.3 is 25.6 Å². The average molecular weight is 373 g/mol. The van der Waals surface area contributed by atoms with Gasteiger partial charge in [0.05, 0.1) is 19.8 Å². The predicted molar refractivity (Wildman–Crippen MR) is 106 cm³/mol. The molecule has 0 aromatic heterocycles. The minimum Gasteiger partial charge on any atom is -0.496 e. The Morgan fingerprint density at radius 1 is 1.22 bits per heavy atom. The second kappa shape index (κ2) is 9.25. The number of methoxy groups -OCH3 is 2. The van der Waals surface area contributed by atoms with Crippen LogP contribution in [0, 0.1) is 0 Å². The van der Waals surface area contributed by atoms with Crippen LogP contribution in [0.25, 0.3) is 0 Å². The van der Waals surface area contributed by atoms with E-state index < -0.39 is 12.2 Å². The summed E-state index contributed by atoms with van der Waals surface area (Å²) in [5.74, 6) is 0.254. The topological polar surface area (TPSA) is 97.0 Å². The van der Waals surface area contributed by atoms with Gasteiger partial charge in [-0.1, -0.05) is 12.1 Å². The summed E-state index contributed by atoms with van der Waals surface area (Å²) >= 11 is 0. The Morgan fingerprint density at radius 2 is 1.96 bits per heavy atom. The first-order valence-corrected chi connectivity index (χ1v) is 8.57. The third-order valence-electron chi connectivity index (χ3n) is 4.31. The molecule has 27 heavy (non-hydrogen) atoms. The molecule has 0 saturated carbocycles. The monoisotopic (exact) mass is 373 g/mol. The molecule has 2 rings (SSSR count). The van der Waals surface area contributed by atoms with Crippen LogP contribution in [0.2, 0.25) is 0 Å². The summed E-state index contributed by atoms with van der Waals surface area (Å²) in [7, 11) is 6.58. The highest BCUT2D eigenvalue weighted by molar-refractivity contribution is 5.96. The van der Waals surface area contributed by atoms with Crippen molar-refractivity contribution in [1.29, 1.82) is 0 Å². The van der Waals surface area contributed by atoms with E-state index in [-0.39, 0.29) is 0 Å². The number of nitrogen functional groups attached to an aromatic ring is 1. The molecule has 7 heteroatoms. The molecule has 0 saturated heterocycles. The average Bonchev–Trinajstić information content (AvgIpc) is 2.67. The minimum absolute atomic E-state index is 0.327. The number of ether oxygens (including phenoxy) is 2. The number of anilines is 2. The van der Waals surface area contributed by atoms with Gasteiger partial charge in [0.1, 0.15) is 12.0 Å². The molecule has 0 aliphatic carbocycles. The Hall–Kier alpha value is -2.77. The van der Waals surface area contributed by atoms with Crippen molar-refractivity contribution < 1.29 is 19.4 Å². The van der Waals surface area contributed by atoms with Crippen molar-refractivity contribution in [1.82, 2.24) is 4.90 Å². The number of aliphatic hydroxyl groups excluding tert-OH is 1. The summed E-state index contributed by atoms with van der Waals surface area (Å²) in [6, 6.07) is 11.0. The molecule has 1 unspecified atom stereocenters. The molecule has 1 atom stereocenters. The molecule has 7 nitrogen and oxygen atoms in total. The third-order valence-corrected chi connectivity index (χ3v) is 4.31. The number of nitrogens with zero attached hydrogens (tertiary/aromatic N) is 1. The standard InChI is InChI=1S/C20H27N3O4/c1-23(2)19(24)10-14-6-5-13(9-18(14)26-3)12-22-15-7-8-17(21)16(11-15)20(25)27-4/h5-9,11,19,22,24H,10,12,21H2,1-4H3. The van der Waals surface area contributed by atoms with Gasteiger partial charge >= 0.3 is 5.97 Å². The van der Waals surface area contributed by atoms with Crippen LogP contribution in [-0.2, 0) is 17.7 Å². The lowest BCUT2D eigenvalue weighted by molar-refractivity contribution is 0.0408. The van der Waals surface area contributed by atoms with Gasteiger partial charge in [0.15, 0.2) is 0 Å². The van der Waals surface area contributed by atoms with E-state index in [0.29, 0.717) is 24.2 Å². The summed E-state index contributed by atoms with van der Waals surface area (Å²) in [5.41, 5.74) is 9.22. The first-order valence-electron chi connectivity index (χ1n) is 8.57. The van der Waals surface area contributed by atoms with Crippen LogP contribution in [0.5, 0.6) is 5.75 Å². The largest absolute Gasteiger partial charge is 0.496 e. The fourth-order valence-electron chi connectivity index (χ4n) is 2.60. The molecule has 0 heterocycles. The van der Waals surface area contributed by atoms with E-state index in [1.54, 1.807) is 30.2 Å². The molecule has 0 fully saturated rings. The van der Waals surface area contributed by atoms with Crippen LogP contribution in [0.15, 0.2) is 36.4 Å². The fraction of sp³-hybridized carbons (Fsp3) is 0.350. The number of aliphatic hydroxyl groups is 1. The van der Waals surface area contributed by atoms with Gasteiger partial charge in [-0.05, 0) is 49.5 Å². The second-order valence-corrected chi connectivity index (χ2v) is 6.44. The van der Waals surface area contributed by atoms with Gasteiger partial charge in [0.2, 0.25) is 0 Å². The number of benzene rings is 2. The van der Waals surface area contributed by atoms with Crippen molar-refractivity contribution in [2.75, 3.05) is 39.4 Å². The Morgan fingerprint density at radius 3 is 2.59 bits per heavy atom. The molecule has 2 aromatic rings. The van der Waals surface area contributed by atoms with Crippen LogP contribution >= 0.6 is 0 Å². The number of carbonyl (C=O) groups excluding carboxylic acids is 1. The van der Waals surface area contributed by atoms with Crippen LogP contribution in [-0.4, -0.2) is 50.5 Å². The minimum atomic E-state index is -0.575. The SMILES string of the molecule is COC(=O)c1cc(NCc2ccc(CC(O)N(C)C)c(OC)c2)ccc1N. The summed E-state index contributed by atoms with van der Waals surface area (Å²) < 4.78 is 10.2.